The Morgan fingerprint density at radius 2 is 2.03 bits per heavy atom. The van der Waals surface area contributed by atoms with Gasteiger partial charge in [-0.15, -0.1) is 11.3 Å². The number of phenols is 1. The zero-order valence-electron chi connectivity index (χ0n) is 17.4. The molecule has 31 heavy (non-hydrogen) atoms. The molecule has 0 spiro atoms. The maximum Gasteiger partial charge on any atom is 0.225 e. The monoisotopic (exact) mass is 435 g/mol. The molecule has 2 heterocycles. The van der Waals surface area contributed by atoms with Crippen LogP contribution in [0.25, 0.3) is 10.6 Å². The summed E-state index contributed by atoms with van der Waals surface area (Å²) in [5.41, 5.74) is 4.10. The summed E-state index contributed by atoms with van der Waals surface area (Å²) in [6.07, 6.45) is 0.948. The topological polar surface area (TPSA) is 82.5 Å². The first-order chi connectivity index (χ1) is 15.0. The van der Waals surface area contributed by atoms with Gasteiger partial charge in [-0.3, -0.25) is 9.59 Å². The van der Waals surface area contributed by atoms with Crippen molar-refractivity contribution in [1.29, 1.82) is 0 Å². The Morgan fingerprint density at radius 3 is 2.77 bits per heavy atom. The normalized spacial score (nSPS) is 16.0. The van der Waals surface area contributed by atoms with E-state index in [1.54, 1.807) is 28.4 Å². The molecule has 160 valence electrons. The summed E-state index contributed by atoms with van der Waals surface area (Å²) in [7, 11) is 0. The first-order valence-electron chi connectivity index (χ1n) is 10.3. The summed E-state index contributed by atoms with van der Waals surface area (Å²) in [5.74, 6) is -0.168. The number of amides is 2. The van der Waals surface area contributed by atoms with E-state index in [2.05, 4.69) is 10.3 Å². The number of hydrogen-bond donors (Lipinski definition) is 2. The van der Waals surface area contributed by atoms with Gasteiger partial charge in [-0.2, -0.15) is 0 Å². The van der Waals surface area contributed by atoms with Gasteiger partial charge in [-0.05, 0) is 42.7 Å². The molecule has 1 atom stereocenters. The Kier molecular flexibility index (Phi) is 6.32. The number of likely N-dealkylation sites (tertiary alicyclic amines) is 1. The van der Waals surface area contributed by atoms with Gasteiger partial charge in [-0.1, -0.05) is 30.3 Å². The van der Waals surface area contributed by atoms with Crippen LogP contribution in [0.4, 0.5) is 0 Å². The van der Waals surface area contributed by atoms with Crippen molar-refractivity contribution in [3.8, 4) is 16.3 Å². The minimum atomic E-state index is -0.322. The van der Waals surface area contributed by atoms with Gasteiger partial charge < -0.3 is 15.3 Å². The summed E-state index contributed by atoms with van der Waals surface area (Å²) >= 11 is 1.61. The van der Waals surface area contributed by atoms with Crippen molar-refractivity contribution in [2.75, 3.05) is 13.1 Å². The van der Waals surface area contributed by atoms with Crippen LogP contribution in [0.3, 0.4) is 0 Å². The lowest BCUT2D eigenvalue weighted by atomic mass is 10.1. The van der Waals surface area contributed by atoms with Crippen molar-refractivity contribution in [2.45, 2.75) is 26.3 Å². The molecule has 1 aliphatic rings. The van der Waals surface area contributed by atoms with Crippen LogP contribution in [0, 0.1) is 12.8 Å². The van der Waals surface area contributed by atoms with Crippen LogP contribution >= 0.6 is 11.3 Å². The molecule has 2 aromatic carbocycles. The predicted molar refractivity (Wildman–Crippen MR) is 121 cm³/mol. The molecule has 2 N–H and O–H groups in total. The lowest BCUT2D eigenvalue weighted by molar-refractivity contribution is -0.129. The molecule has 1 aliphatic heterocycles. The number of aromatic nitrogens is 1. The molecule has 0 bridgehead atoms. The van der Waals surface area contributed by atoms with Crippen LogP contribution in [0.2, 0.25) is 0 Å². The minimum Gasteiger partial charge on any atom is -0.508 e. The van der Waals surface area contributed by atoms with E-state index in [1.807, 2.05) is 48.7 Å². The number of benzene rings is 2. The van der Waals surface area contributed by atoms with E-state index < -0.39 is 0 Å². The van der Waals surface area contributed by atoms with Crippen molar-refractivity contribution in [2.24, 2.45) is 5.92 Å². The van der Waals surface area contributed by atoms with Crippen LogP contribution in [0.5, 0.6) is 5.75 Å². The Morgan fingerprint density at radius 1 is 1.23 bits per heavy atom. The van der Waals surface area contributed by atoms with Gasteiger partial charge in [0, 0.05) is 42.7 Å². The zero-order valence-corrected chi connectivity index (χ0v) is 18.2. The van der Waals surface area contributed by atoms with Gasteiger partial charge in [0.05, 0.1) is 5.92 Å². The van der Waals surface area contributed by atoms with Gasteiger partial charge >= 0.3 is 0 Å². The SMILES string of the molecule is Cc1csc(-c2cccc(CNC(=O)[C@H]3CC(=O)N(CCc4ccc(O)cc4)C3)c2)n1. The highest BCUT2D eigenvalue weighted by Crippen LogP contribution is 2.24. The van der Waals surface area contributed by atoms with Crippen molar-refractivity contribution < 1.29 is 14.7 Å². The van der Waals surface area contributed by atoms with Crippen LogP contribution in [0.15, 0.2) is 53.9 Å². The van der Waals surface area contributed by atoms with Gasteiger partial charge in [0.1, 0.15) is 10.8 Å². The number of carbonyl (C=O) groups excluding carboxylic acids is 2. The van der Waals surface area contributed by atoms with E-state index in [0.29, 0.717) is 26.1 Å². The summed E-state index contributed by atoms with van der Waals surface area (Å²) in [6.45, 7) is 3.42. The third kappa shape index (κ3) is 5.30. The molecule has 1 aromatic heterocycles. The third-order valence-corrected chi connectivity index (χ3v) is 6.46. The van der Waals surface area contributed by atoms with Crippen LogP contribution < -0.4 is 5.32 Å². The number of aromatic hydroxyl groups is 1. The minimum absolute atomic E-state index is 0.0139. The number of thiazole rings is 1. The highest BCUT2D eigenvalue weighted by Gasteiger charge is 2.33. The number of nitrogens with zero attached hydrogens (tertiary/aromatic N) is 2. The van der Waals surface area contributed by atoms with E-state index in [9.17, 15) is 14.7 Å². The van der Waals surface area contributed by atoms with Crippen LogP contribution in [0.1, 0.15) is 23.2 Å². The maximum atomic E-state index is 12.7. The number of rotatable bonds is 7. The molecule has 1 fully saturated rings. The van der Waals surface area contributed by atoms with Gasteiger partial charge in [0.2, 0.25) is 11.8 Å². The van der Waals surface area contributed by atoms with E-state index in [1.165, 1.54) is 0 Å². The molecule has 6 nitrogen and oxygen atoms in total. The van der Waals surface area contributed by atoms with E-state index in [0.717, 1.165) is 27.4 Å². The van der Waals surface area contributed by atoms with Crippen molar-refractivity contribution in [3.05, 3.63) is 70.7 Å². The molecule has 1 saturated heterocycles. The lowest BCUT2D eigenvalue weighted by Gasteiger charge is -2.16. The van der Waals surface area contributed by atoms with Crippen LogP contribution in [-0.2, 0) is 22.6 Å². The fraction of sp³-hybridized carbons (Fsp3) is 0.292. The van der Waals surface area contributed by atoms with Crippen molar-refractivity contribution in [3.63, 3.8) is 0 Å². The van der Waals surface area contributed by atoms with Gasteiger partial charge in [-0.25, -0.2) is 4.98 Å². The first kappa shape index (κ1) is 21.1. The Hall–Kier alpha value is -3.19. The Labute approximate surface area is 185 Å². The third-order valence-electron chi connectivity index (χ3n) is 5.45. The number of nitrogens with one attached hydrogen (secondary N) is 1. The average molecular weight is 436 g/mol. The first-order valence-corrected chi connectivity index (χ1v) is 11.2. The molecule has 0 radical (unpaired) electrons. The molecular weight excluding hydrogens is 410 g/mol. The highest BCUT2D eigenvalue weighted by atomic mass is 32.1. The van der Waals surface area contributed by atoms with Gasteiger partial charge in [0.15, 0.2) is 0 Å². The fourth-order valence-corrected chi connectivity index (χ4v) is 4.52. The molecule has 0 unspecified atom stereocenters. The summed E-state index contributed by atoms with van der Waals surface area (Å²) < 4.78 is 0. The second-order valence-electron chi connectivity index (χ2n) is 7.87. The number of aryl methyl sites for hydroxylation is 1. The molecule has 2 amide bonds. The molecule has 4 rings (SSSR count). The number of hydrogen-bond acceptors (Lipinski definition) is 5. The predicted octanol–water partition coefficient (Wildman–Crippen LogP) is 3.53. The fourth-order valence-electron chi connectivity index (χ4n) is 3.72. The standard InChI is InChI=1S/C24H25N3O3S/c1-16-15-31-24(26-16)19-4-2-3-18(11-19)13-25-23(30)20-12-22(29)27(14-20)10-9-17-5-7-21(28)8-6-17/h2-8,11,15,20,28H,9-10,12-14H2,1H3,(H,25,30)/t20-/m0/s1. The van der Waals surface area contributed by atoms with Crippen molar-refractivity contribution >= 4 is 23.2 Å². The zero-order chi connectivity index (χ0) is 21.8. The molecule has 7 heteroatoms. The summed E-state index contributed by atoms with van der Waals surface area (Å²) in [5, 5.41) is 15.3. The smallest absolute Gasteiger partial charge is 0.225 e. The molecule has 3 aromatic rings. The molecular formula is C24H25N3O3S. The van der Waals surface area contributed by atoms with E-state index in [4.69, 9.17) is 0 Å². The number of carbonyl (C=O) groups is 2. The largest absolute Gasteiger partial charge is 0.508 e. The van der Waals surface area contributed by atoms with Crippen LogP contribution in [-0.4, -0.2) is 39.9 Å². The quantitative estimate of drug-likeness (QED) is 0.595. The van der Waals surface area contributed by atoms with Crippen molar-refractivity contribution in [1.82, 2.24) is 15.2 Å². The molecule has 0 saturated carbocycles. The molecule has 0 aliphatic carbocycles. The van der Waals surface area contributed by atoms with E-state index in [-0.39, 0.29) is 29.9 Å². The van der Waals surface area contributed by atoms with E-state index >= 15 is 0 Å². The van der Waals surface area contributed by atoms with Gasteiger partial charge in [0.25, 0.3) is 0 Å². The Balaban J connectivity index is 1.29. The second kappa shape index (κ2) is 9.31. The Bertz CT molecular complexity index is 1080. The summed E-state index contributed by atoms with van der Waals surface area (Å²) in [4.78, 5) is 31.3. The second-order valence-corrected chi connectivity index (χ2v) is 8.73. The lowest BCUT2D eigenvalue weighted by Crippen LogP contribution is -2.33. The summed E-state index contributed by atoms with van der Waals surface area (Å²) in [6, 6.07) is 15.0. The number of phenolic OH excluding ortho intramolecular Hbond substituents is 1. The highest BCUT2D eigenvalue weighted by molar-refractivity contribution is 7.13. The maximum absolute atomic E-state index is 12.7. The average Bonchev–Trinajstić information content (AvgIpc) is 3.37.